The molecule has 0 aliphatic heterocycles. The first-order valence-electron chi connectivity index (χ1n) is 9.30. The second kappa shape index (κ2) is 8.68. The second-order valence-electron chi connectivity index (χ2n) is 6.47. The molecule has 3 aromatic rings. The van der Waals surface area contributed by atoms with Crippen LogP contribution in [0.1, 0.15) is 51.9 Å². The molecule has 0 amide bonds. The zero-order valence-corrected chi connectivity index (χ0v) is 14.6. The standard InChI is InChI=1S/C22H27NO/c1-2-3-4-5-6-7-10-17-24-22-16-14-20-19-12-9-8-11-18(19)13-15-21(20)23-22/h8-9,11-16H,2-7,10,17H2,1H3. The van der Waals surface area contributed by atoms with Gasteiger partial charge in [-0.05, 0) is 29.3 Å². The van der Waals surface area contributed by atoms with Gasteiger partial charge in [0.05, 0.1) is 12.1 Å². The first-order valence-corrected chi connectivity index (χ1v) is 9.30. The van der Waals surface area contributed by atoms with E-state index in [1.54, 1.807) is 0 Å². The molecular weight excluding hydrogens is 294 g/mol. The van der Waals surface area contributed by atoms with Gasteiger partial charge in [0, 0.05) is 11.5 Å². The molecular formula is C22H27NO. The number of nitrogens with zero attached hydrogens (tertiary/aromatic N) is 1. The number of benzene rings is 2. The van der Waals surface area contributed by atoms with Gasteiger partial charge in [-0.15, -0.1) is 0 Å². The molecule has 2 nitrogen and oxygen atoms in total. The maximum atomic E-state index is 5.84. The number of fused-ring (bicyclic) bond motifs is 3. The van der Waals surface area contributed by atoms with Gasteiger partial charge in [0.1, 0.15) is 0 Å². The van der Waals surface area contributed by atoms with Crippen LogP contribution in [0.5, 0.6) is 5.88 Å². The predicted octanol–water partition coefficient (Wildman–Crippen LogP) is 6.52. The molecule has 0 spiro atoms. The Balaban J connectivity index is 1.54. The highest BCUT2D eigenvalue weighted by Gasteiger charge is 2.03. The lowest BCUT2D eigenvalue weighted by atomic mass is 10.1. The molecule has 1 aromatic heterocycles. The lowest BCUT2D eigenvalue weighted by molar-refractivity contribution is 0.294. The van der Waals surface area contributed by atoms with Crippen molar-refractivity contribution in [3.63, 3.8) is 0 Å². The van der Waals surface area contributed by atoms with Crippen LogP contribution in [0.2, 0.25) is 0 Å². The molecule has 0 radical (unpaired) electrons. The summed E-state index contributed by atoms with van der Waals surface area (Å²) < 4.78 is 5.84. The Morgan fingerprint density at radius 3 is 2.42 bits per heavy atom. The summed E-state index contributed by atoms with van der Waals surface area (Å²) in [7, 11) is 0. The Hall–Kier alpha value is -2.09. The minimum Gasteiger partial charge on any atom is -0.478 e. The molecule has 0 unspecified atom stereocenters. The van der Waals surface area contributed by atoms with Gasteiger partial charge in [0.25, 0.3) is 0 Å². The van der Waals surface area contributed by atoms with E-state index < -0.39 is 0 Å². The Morgan fingerprint density at radius 1 is 0.750 bits per heavy atom. The van der Waals surface area contributed by atoms with Crippen LogP contribution in [0.3, 0.4) is 0 Å². The van der Waals surface area contributed by atoms with Crippen molar-refractivity contribution in [3.8, 4) is 5.88 Å². The van der Waals surface area contributed by atoms with E-state index in [2.05, 4.69) is 54.4 Å². The molecule has 0 atom stereocenters. The van der Waals surface area contributed by atoms with Gasteiger partial charge in [-0.25, -0.2) is 4.98 Å². The van der Waals surface area contributed by atoms with Gasteiger partial charge in [0.15, 0.2) is 0 Å². The third kappa shape index (κ3) is 4.25. The van der Waals surface area contributed by atoms with Crippen molar-refractivity contribution in [1.29, 1.82) is 0 Å². The van der Waals surface area contributed by atoms with E-state index in [9.17, 15) is 0 Å². The average molecular weight is 321 g/mol. The zero-order valence-electron chi connectivity index (χ0n) is 14.6. The van der Waals surface area contributed by atoms with Gasteiger partial charge in [0.2, 0.25) is 5.88 Å². The van der Waals surface area contributed by atoms with E-state index in [1.165, 1.54) is 54.7 Å². The predicted molar refractivity (Wildman–Crippen MR) is 103 cm³/mol. The normalized spacial score (nSPS) is 11.2. The molecule has 0 saturated heterocycles. The van der Waals surface area contributed by atoms with Crippen molar-refractivity contribution in [2.45, 2.75) is 51.9 Å². The Bertz CT molecular complexity index is 781. The van der Waals surface area contributed by atoms with Gasteiger partial charge in [-0.3, -0.25) is 0 Å². The highest BCUT2D eigenvalue weighted by atomic mass is 16.5. The van der Waals surface area contributed by atoms with Crippen molar-refractivity contribution in [1.82, 2.24) is 4.98 Å². The number of unbranched alkanes of at least 4 members (excludes halogenated alkanes) is 6. The van der Waals surface area contributed by atoms with Crippen LogP contribution in [0.15, 0.2) is 48.5 Å². The first-order chi connectivity index (χ1) is 11.9. The third-order valence-electron chi connectivity index (χ3n) is 4.57. The quantitative estimate of drug-likeness (QED) is 0.331. The third-order valence-corrected chi connectivity index (χ3v) is 4.57. The lowest BCUT2D eigenvalue weighted by Gasteiger charge is -2.08. The summed E-state index contributed by atoms with van der Waals surface area (Å²) in [5.41, 5.74) is 1.01. The highest BCUT2D eigenvalue weighted by molar-refractivity contribution is 6.06. The fourth-order valence-electron chi connectivity index (χ4n) is 3.18. The number of pyridine rings is 1. The van der Waals surface area contributed by atoms with Crippen LogP contribution >= 0.6 is 0 Å². The van der Waals surface area contributed by atoms with Crippen LogP contribution in [0.4, 0.5) is 0 Å². The minimum absolute atomic E-state index is 0.740. The van der Waals surface area contributed by atoms with E-state index >= 15 is 0 Å². The molecule has 0 bridgehead atoms. The van der Waals surface area contributed by atoms with Crippen molar-refractivity contribution in [2.24, 2.45) is 0 Å². The summed E-state index contributed by atoms with van der Waals surface area (Å²) in [6.45, 7) is 3.02. The maximum Gasteiger partial charge on any atom is 0.213 e. The van der Waals surface area contributed by atoms with E-state index in [-0.39, 0.29) is 0 Å². The van der Waals surface area contributed by atoms with Crippen molar-refractivity contribution in [2.75, 3.05) is 6.61 Å². The maximum absolute atomic E-state index is 5.84. The Morgan fingerprint density at radius 2 is 1.54 bits per heavy atom. The summed E-state index contributed by atoms with van der Waals surface area (Å²) in [4.78, 5) is 4.66. The Kier molecular flexibility index (Phi) is 6.06. The number of hydrogen-bond donors (Lipinski definition) is 0. The summed E-state index contributed by atoms with van der Waals surface area (Å²) in [6.07, 6.45) is 9.09. The van der Waals surface area contributed by atoms with Crippen LogP contribution in [0.25, 0.3) is 21.7 Å². The summed E-state index contributed by atoms with van der Waals surface area (Å²) in [5, 5.41) is 3.70. The summed E-state index contributed by atoms with van der Waals surface area (Å²) >= 11 is 0. The largest absolute Gasteiger partial charge is 0.478 e. The van der Waals surface area contributed by atoms with Crippen LogP contribution in [-0.2, 0) is 0 Å². The Labute approximate surface area is 144 Å². The molecule has 3 rings (SSSR count). The van der Waals surface area contributed by atoms with Crippen molar-refractivity contribution in [3.05, 3.63) is 48.5 Å². The molecule has 0 aliphatic rings. The smallest absolute Gasteiger partial charge is 0.213 e. The van der Waals surface area contributed by atoms with Crippen molar-refractivity contribution < 1.29 is 4.74 Å². The SMILES string of the molecule is CCCCCCCCCOc1ccc2c(ccc3ccccc32)n1. The average Bonchev–Trinajstić information content (AvgIpc) is 2.63. The highest BCUT2D eigenvalue weighted by Crippen LogP contribution is 2.25. The molecule has 0 aliphatic carbocycles. The van der Waals surface area contributed by atoms with Gasteiger partial charge in [-0.2, -0.15) is 0 Å². The minimum atomic E-state index is 0.740. The molecule has 0 N–H and O–H groups in total. The van der Waals surface area contributed by atoms with Gasteiger partial charge in [-0.1, -0.05) is 75.8 Å². The molecule has 0 saturated carbocycles. The van der Waals surface area contributed by atoms with Gasteiger partial charge >= 0.3 is 0 Å². The molecule has 126 valence electrons. The van der Waals surface area contributed by atoms with E-state index in [0.29, 0.717) is 0 Å². The van der Waals surface area contributed by atoms with Crippen LogP contribution in [-0.4, -0.2) is 11.6 Å². The van der Waals surface area contributed by atoms with Crippen molar-refractivity contribution >= 4 is 21.7 Å². The van der Waals surface area contributed by atoms with E-state index in [1.807, 2.05) is 6.07 Å². The zero-order chi connectivity index (χ0) is 16.6. The molecule has 2 heteroatoms. The van der Waals surface area contributed by atoms with E-state index in [0.717, 1.165) is 24.4 Å². The number of rotatable bonds is 9. The summed E-state index contributed by atoms with van der Waals surface area (Å²) in [5.74, 6) is 0.740. The molecule has 2 aromatic carbocycles. The van der Waals surface area contributed by atoms with E-state index in [4.69, 9.17) is 4.74 Å². The number of aromatic nitrogens is 1. The number of ether oxygens (including phenoxy) is 1. The second-order valence-corrected chi connectivity index (χ2v) is 6.47. The van der Waals surface area contributed by atoms with Crippen LogP contribution in [0, 0.1) is 0 Å². The monoisotopic (exact) mass is 321 g/mol. The fraction of sp³-hybridized carbons (Fsp3) is 0.409. The van der Waals surface area contributed by atoms with Gasteiger partial charge < -0.3 is 4.74 Å². The fourth-order valence-corrected chi connectivity index (χ4v) is 3.18. The lowest BCUT2D eigenvalue weighted by Crippen LogP contribution is -1.99. The molecule has 1 heterocycles. The molecule has 0 fully saturated rings. The first kappa shape index (κ1) is 16.8. The topological polar surface area (TPSA) is 22.1 Å². The molecule has 24 heavy (non-hydrogen) atoms. The van der Waals surface area contributed by atoms with Crippen LogP contribution < -0.4 is 4.74 Å². The summed E-state index contributed by atoms with van der Waals surface area (Å²) in [6, 6.07) is 16.8. The number of hydrogen-bond acceptors (Lipinski definition) is 2.